The summed E-state index contributed by atoms with van der Waals surface area (Å²) in [5.74, 6) is 3.08. The SMILES string of the molecule is CCCCc1noc(C2CSCC2O)n1. The van der Waals surface area contributed by atoms with Gasteiger partial charge in [0.1, 0.15) is 0 Å². The van der Waals surface area contributed by atoms with Gasteiger partial charge in [0.15, 0.2) is 5.82 Å². The summed E-state index contributed by atoms with van der Waals surface area (Å²) in [6.45, 7) is 2.14. The van der Waals surface area contributed by atoms with Crippen LogP contribution in [0.25, 0.3) is 0 Å². The van der Waals surface area contributed by atoms with Gasteiger partial charge in [-0.05, 0) is 6.42 Å². The minimum absolute atomic E-state index is 0.0397. The van der Waals surface area contributed by atoms with Gasteiger partial charge in [-0.25, -0.2) is 0 Å². The van der Waals surface area contributed by atoms with E-state index in [1.807, 2.05) is 0 Å². The lowest BCUT2D eigenvalue weighted by molar-refractivity contribution is 0.164. The fourth-order valence-corrected chi connectivity index (χ4v) is 2.86. The minimum Gasteiger partial charge on any atom is -0.391 e. The van der Waals surface area contributed by atoms with Gasteiger partial charge in [0.25, 0.3) is 0 Å². The van der Waals surface area contributed by atoms with Crippen LogP contribution in [0, 0.1) is 0 Å². The van der Waals surface area contributed by atoms with Crippen LogP contribution in [-0.4, -0.2) is 32.9 Å². The Kier molecular flexibility index (Phi) is 3.64. The Morgan fingerprint density at radius 2 is 2.40 bits per heavy atom. The van der Waals surface area contributed by atoms with Crippen LogP contribution in [0.4, 0.5) is 0 Å². The average molecular weight is 228 g/mol. The zero-order valence-electron chi connectivity index (χ0n) is 8.85. The molecule has 2 rings (SSSR count). The number of thioether (sulfide) groups is 1. The monoisotopic (exact) mass is 228 g/mol. The molecule has 1 aromatic heterocycles. The molecule has 1 aromatic rings. The molecule has 15 heavy (non-hydrogen) atoms. The zero-order chi connectivity index (χ0) is 10.7. The summed E-state index contributed by atoms with van der Waals surface area (Å²) in [7, 11) is 0. The van der Waals surface area contributed by atoms with Crippen LogP contribution in [0.15, 0.2) is 4.52 Å². The van der Waals surface area contributed by atoms with Gasteiger partial charge in [0, 0.05) is 17.9 Å². The number of rotatable bonds is 4. The highest BCUT2D eigenvalue weighted by Crippen LogP contribution is 2.31. The highest BCUT2D eigenvalue weighted by molar-refractivity contribution is 7.99. The molecule has 1 N–H and O–H groups in total. The molecule has 1 saturated heterocycles. The summed E-state index contributed by atoms with van der Waals surface area (Å²) >= 11 is 1.73. The van der Waals surface area contributed by atoms with Crippen molar-refractivity contribution in [1.29, 1.82) is 0 Å². The average Bonchev–Trinajstić information content (AvgIpc) is 2.83. The lowest BCUT2D eigenvalue weighted by atomic mass is 10.1. The lowest BCUT2D eigenvalue weighted by Gasteiger charge is -2.06. The maximum atomic E-state index is 9.68. The lowest BCUT2D eigenvalue weighted by Crippen LogP contribution is -2.15. The summed E-state index contributed by atoms with van der Waals surface area (Å²) in [5, 5.41) is 13.6. The summed E-state index contributed by atoms with van der Waals surface area (Å²) in [4.78, 5) is 4.33. The molecule has 2 heterocycles. The van der Waals surface area contributed by atoms with E-state index in [-0.39, 0.29) is 12.0 Å². The van der Waals surface area contributed by atoms with Gasteiger partial charge in [-0.2, -0.15) is 16.7 Å². The number of aryl methyl sites for hydroxylation is 1. The fraction of sp³-hybridized carbons (Fsp3) is 0.800. The van der Waals surface area contributed by atoms with Gasteiger partial charge in [0.05, 0.1) is 12.0 Å². The molecular weight excluding hydrogens is 212 g/mol. The van der Waals surface area contributed by atoms with E-state index in [0.717, 1.165) is 36.6 Å². The molecule has 0 amide bonds. The first-order valence-corrected chi connectivity index (χ1v) is 6.55. The molecule has 0 spiro atoms. The van der Waals surface area contributed by atoms with E-state index in [1.54, 1.807) is 11.8 Å². The Labute approximate surface area is 93.4 Å². The van der Waals surface area contributed by atoms with E-state index in [2.05, 4.69) is 17.1 Å². The normalized spacial score (nSPS) is 26.0. The van der Waals surface area contributed by atoms with E-state index in [0.29, 0.717) is 5.89 Å². The summed E-state index contributed by atoms with van der Waals surface area (Å²) in [6, 6.07) is 0. The predicted octanol–water partition coefficient (Wildman–Crippen LogP) is 1.60. The zero-order valence-corrected chi connectivity index (χ0v) is 9.66. The molecule has 0 aromatic carbocycles. The quantitative estimate of drug-likeness (QED) is 0.848. The second-order valence-corrected chi connectivity index (χ2v) is 4.94. The van der Waals surface area contributed by atoms with E-state index >= 15 is 0 Å². The van der Waals surface area contributed by atoms with Crippen LogP contribution in [-0.2, 0) is 6.42 Å². The molecule has 1 aliphatic heterocycles. The molecule has 5 heteroatoms. The van der Waals surface area contributed by atoms with Crippen LogP contribution in [0.3, 0.4) is 0 Å². The summed E-state index contributed by atoms with van der Waals surface area (Å²) in [5.41, 5.74) is 0. The number of nitrogens with zero attached hydrogens (tertiary/aromatic N) is 2. The Morgan fingerprint density at radius 1 is 1.53 bits per heavy atom. The highest BCUT2D eigenvalue weighted by atomic mass is 32.2. The van der Waals surface area contributed by atoms with Gasteiger partial charge in [-0.1, -0.05) is 18.5 Å². The molecule has 1 aliphatic rings. The van der Waals surface area contributed by atoms with Crippen molar-refractivity contribution in [3.63, 3.8) is 0 Å². The van der Waals surface area contributed by atoms with Gasteiger partial charge in [-0.15, -0.1) is 0 Å². The summed E-state index contributed by atoms with van der Waals surface area (Å²) < 4.78 is 5.18. The number of aliphatic hydroxyl groups is 1. The fourth-order valence-electron chi connectivity index (χ4n) is 1.63. The van der Waals surface area contributed by atoms with E-state index < -0.39 is 0 Å². The van der Waals surface area contributed by atoms with E-state index in [4.69, 9.17) is 4.52 Å². The molecule has 0 aliphatic carbocycles. The maximum absolute atomic E-state index is 9.68. The number of aliphatic hydroxyl groups excluding tert-OH is 1. The molecule has 4 nitrogen and oxygen atoms in total. The first-order chi connectivity index (χ1) is 7.31. The standard InChI is InChI=1S/C10H16N2O2S/c1-2-3-4-9-11-10(14-12-9)7-5-15-6-8(7)13/h7-8,13H,2-6H2,1H3. The van der Waals surface area contributed by atoms with Gasteiger partial charge < -0.3 is 9.63 Å². The molecular formula is C10H16N2O2S. The maximum Gasteiger partial charge on any atom is 0.233 e. The summed E-state index contributed by atoms with van der Waals surface area (Å²) in [6.07, 6.45) is 2.76. The first kappa shape index (κ1) is 11.0. The molecule has 84 valence electrons. The topological polar surface area (TPSA) is 59.2 Å². The van der Waals surface area contributed by atoms with Gasteiger partial charge >= 0.3 is 0 Å². The minimum atomic E-state index is -0.325. The number of hydrogen-bond donors (Lipinski definition) is 1. The third-order valence-corrected chi connectivity index (χ3v) is 3.78. The Hall–Kier alpha value is -0.550. The van der Waals surface area contributed by atoms with Crippen LogP contribution >= 0.6 is 11.8 Å². The second kappa shape index (κ2) is 4.99. The van der Waals surface area contributed by atoms with Crippen molar-refractivity contribution in [2.75, 3.05) is 11.5 Å². The van der Waals surface area contributed by atoms with E-state index in [1.165, 1.54) is 0 Å². The molecule has 1 fully saturated rings. The van der Waals surface area contributed by atoms with Crippen molar-refractivity contribution in [3.8, 4) is 0 Å². The molecule has 0 bridgehead atoms. The Morgan fingerprint density at radius 3 is 3.07 bits per heavy atom. The molecule has 2 unspecified atom stereocenters. The van der Waals surface area contributed by atoms with Crippen molar-refractivity contribution < 1.29 is 9.63 Å². The third-order valence-electron chi connectivity index (χ3n) is 2.61. The van der Waals surface area contributed by atoms with Crippen molar-refractivity contribution in [2.24, 2.45) is 0 Å². The van der Waals surface area contributed by atoms with Crippen LogP contribution in [0.1, 0.15) is 37.4 Å². The van der Waals surface area contributed by atoms with Crippen molar-refractivity contribution in [2.45, 2.75) is 38.2 Å². The van der Waals surface area contributed by atoms with Crippen molar-refractivity contribution in [3.05, 3.63) is 11.7 Å². The number of aromatic nitrogens is 2. The predicted molar refractivity (Wildman–Crippen MR) is 59.0 cm³/mol. The van der Waals surface area contributed by atoms with Crippen molar-refractivity contribution >= 4 is 11.8 Å². The highest BCUT2D eigenvalue weighted by Gasteiger charge is 2.31. The molecule has 0 saturated carbocycles. The van der Waals surface area contributed by atoms with Gasteiger partial charge in [0.2, 0.25) is 5.89 Å². The molecule has 0 radical (unpaired) electrons. The van der Waals surface area contributed by atoms with Crippen LogP contribution < -0.4 is 0 Å². The van der Waals surface area contributed by atoms with Crippen molar-refractivity contribution in [1.82, 2.24) is 10.1 Å². The smallest absolute Gasteiger partial charge is 0.233 e. The number of hydrogen-bond acceptors (Lipinski definition) is 5. The first-order valence-electron chi connectivity index (χ1n) is 5.39. The largest absolute Gasteiger partial charge is 0.391 e. The van der Waals surface area contributed by atoms with Crippen LogP contribution in [0.2, 0.25) is 0 Å². The Balaban J connectivity index is 1.99. The third kappa shape index (κ3) is 2.52. The van der Waals surface area contributed by atoms with E-state index in [9.17, 15) is 5.11 Å². The molecule has 2 atom stereocenters. The van der Waals surface area contributed by atoms with Crippen LogP contribution in [0.5, 0.6) is 0 Å². The van der Waals surface area contributed by atoms with Gasteiger partial charge in [-0.3, -0.25) is 0 Å². The number of unbranched alkanes of at least 4 members (excludes halogenated alkanes) is 1. The second-order valence-electron chi connectivity index (χ2n) is 3.86. The Bertz CT molecular complexity index is 316.